The summed E-state index contributed by atoms with van der Waals surface area (Å²) in [5.41, 5.74) is 0. The summed E-state index contributed by atoms with van der Waals surface area (Å²) in [5, 5.41) is 11.0. The molecule has 0 heterocycles. The molecule has 0 fully saturated rings. The minimum atomic E-state index is -0.986. The highest BCUT2D eigenvalue weighted by atomic mass is 16.4. The van der Waals surface area contributed by atoms with Gasteiger partial charge in [-0.2, -0.15) is 0 Å². The first-order chi connectivity index (χ1) is 9.61. The second-order valence-corrected chi connectivity index (χ2v) is 5.48. The fourth-order valence-electron chi connectivity index (χ4n) is 2.35. The number of carboxylic acid groups (broad SMARTS) is 1. The highest BCUT2D eigenvalue weighted by Gasteiger charge is 2.16. The molecule has 0 spiro atoms. The number of carbonyl (C=O) groups is 2. The predicted octanol–water partition coefficient (Wildman–Crippen LogP) is 3.91. The van der Waals surface area contributed by atoms with E-state index < -0.39 is 5.97 Å². The number of carbonyl (C=O) groups excluding carboxylic acids is 1. The molecule has 0 saturated carbocycles. The number of hydrogen-bond donors (Lipinski definition) is 3. The van der Waals surface area contributed by atoms with E-state index in [2.05, 4.69) is 12.2 Å². The molecule has 0 aliphatic rings. The van der Waals surface area contributed by atoms with E-state index in [4.69, 9.17) is 5.11 Å². The quantitative estimate of drug-likeness (QED) is 0.449. The smallest absolute Gasteiger partial charge is 0.322 e. The topological polar surface area (TPSA) is 101 Å². The fourth-order valence-corrected chi connectivity index (χ4v) is 2.35. The molecule has 21 heavy (non-hydrogen) atoms. The van der Waals surface area contributed by atoms with Gasteiger partial charge in [0, 0.05) is 5.92 Å². The monoisotopic (exact) mass is 302 g/mol. The van der Waals surface area contributed by atoms with Crippen LogP contribution in [0.2, 0.25) is 0 Å². The minimum absolute atomic E-state index is 0. The molecule has 0 aromatic carbocycles. The van der Waals surface area contributed by atoms with Crippen LogP contribution in [0.15, 0.2) is 0 Å². The second-order valence-electron chi connectivity index (χ2n) is 5.48. The molecular weight excluding hydrogens is 268 g/mol. The molecule has 5 nitrogen and oxygen atoms in total. The molecule has 0 aromatic rings. The summed E-state index contributed by atoms with van der Waals surface area (Å²) >= 11 is 0. The molecular formula is C16H34N2O3. The average molecular weight is 302 g/mol. The van der Waals surface area contributed by atoms with Gasteiger partial charge in [-0.25, -0.2) is 0 Å². The lowest BCUT2D eigenvalue weighted by Crippen LogP contribution is -2.34. The van der Waals surface area contributed by atoms with Gasteiger partial charge in [0.05, 0.1) is 0 Å². The summed E-state index contributed by atoms with van der Waals surface area (Å²) in [5.74, 6) is -1.13. The fraction of sp³-hybridized carbons (Fsp3) is 0.875. The Kier molecular flexibility index (Phi) is 16.2. The van der Waals surface area contributed by atoms with Crippen LogP contribution in [0.3, 0.4) is 0 Å². The van der Waals surface area contributed by atoms with Gasteiger partial charge in [-0.1, -0.05) is 65.2 Å². The van der Waals surface area contributed by atoms with Gasteiger partial charge in [0.1, 0.15) is 6.54 Å². The van der Waals surface area contributed by atoms with Crippen LogP contribution in [-0.4, -0.2) is 23.5 Å². The van der Waals surface area contributed by atoms with E-state index >= 15 is 0 Å². The molecule has 0 radical (unpaired) electrons. The van der Waals surface area contributed by atoms with Crippen molar-refractivity contribution < 1.29 is 14.7 Å². The van der Waals surface area contributed by atoms with Gasteiger partial charge in [0.25, 0.3) is 0 Å². The van der Waals surface area contributed by atoms with Crippen LogP contribution in [0.25, 0.3) is 0 Å². The Balaban J connectivity index is 0. The van der Waals surface area contributed by atoms with E-state index in [0.717, 1.165) is 19.3 Å². The molecule has 126 valence electrons. The zero-order chi connectivity index (χ0) is 15.2. The van der Waals surface area contributed by atoms with E-state index in [-0.39, 0.29) is 24.5 Å². The standard InChI is InChI=1S/C16H31NO3.H3N/c1-3-5-6-7-8-9-10-11-12-14(4-2)16(20)17-13-15(18)19;/h14H,3-13H2,1-2H3,(H,17,20)(H,18,19);1H3. The first-order valence-electron chi connectivity index (χ1n) is 8.11. The van der Waals surface area contributed by atoms with Crippen molar-refractivity contribution in [2.75, 3.05) is 6.54 Å². The summed E-state index contributed by atoms with van der Waals surface area (Å²) in [7, 11) is 0. The van der Waals surface area contributed by atoms with Crippen LogP contribution in [0.4, 0.5) is 0 Å². The molecule has 1 atom stereocenters. The van der Waals surface area contributed by atoms with E-state index in [9.17, 15) is 9.59 Å². The number of aliphatic carboxylic acids is 1. The summed E-state index contributed by atoms with van der Waals surface area (Å²) in [4.78, 5) is 22.1. The molecule has 0 bridgehead atoms. The number of carboxylic acids is 1. The van der Waals surface area contributed by atoms with Gasteiger partial charge in [0.2, 0.25) is 5.91 Å². The van der Waals surface area contributed by atoms with Crippen LogP contribution in [-0.2, 0) is 9.59 Å². The largest absolute Gasteiger partial charge is 0.480 e. The number of rotatable bonds is 13. The number of hydrogen-bond acceptors (Lipinski definition) is 3. The first-order valence-corrected chi connectivity index (χ1v) is 8.11. The normalized spacial score (nSPS) is 11.5. The molecule has 0 rings (SSSR count). The van der Waals surface area contributed by atoms with Crippen molar-refractivity contribution in [2.45, 2.75) is 78.1 Å². The summed E-state index contributed by atoms with van der Waals surface area (Å²) in [6.45, 7) is 3.93. The molecule has 1 unspecified atom stereocenters. The maximum atomic E-state index is 11.7. The van der Waals surface area contributed by atoms with E-state index in [0.29, 0.717) is 0 Å². The third-order valence-corrected chi connectivity index (χ3v) is 3.68. The van der Waals surface area contributed by atoms with Gasteiger partial charge in [-0.3, -0.25) is 9.59 Å². The second kappa shape index (κ2) is 15.3. The zero-order valence-electron chi connectivity index (χ0n) is 13.8. The lowest BCUT2D eigenvalue weighted by molar-refractivity contribution is -0.138. The van der Waals surface area contributed by atoms with Crippen molar-refractivity contribution in [3.8, 4) is 0 Å². The lowest BCUT2D eigenvalue weighted by atomic mass is 9.97. The zero-order valence-corrected chi connectivity index (χ0v) is 13.8. The third kappa shape index (κ3) is 13.6. The Bertz CT molecular complexity index is 270. The van der Waals surface area contributed by atoms with E-state index in [1.54, 1.807) is 0 Å². The predicted molar refractivity (Wildman–Crippen MR) is 86.7 cm³/mol. The Hall–Kier alpha value is -1.10. The van der Waals surface area contributed by atoms with Gasteiger partial charge < -0.3 is 16.6 Å². The Morgan fingerprint density at radius 1 is 0.952 bits per heavy atom. The van der Waals surface area contributed by atoms with Crippen LogP contribution in [0, 0.1) is 5.92 Å². The third-order valence-electron chi connectivity index (χ3n) is 3.68. The number of nitrogens with one attached hydrogen (secondary N) is 1. The maximum Gasteiger partial charge on any atom is 0.322 e. The van der Waals surface area contributed by atoms with Crippen molar-refractivity contribution in [3.05, 3.63) is 0 Å². The Morgan fingerprint density at radius 3 is 1.95 bits per heavy atom. The molecule has 0 aliphatic heterocycles. The van der Waals surface area contributed by atoms with Gasteiger partial charge in [-0.05, 0) is 12.8 Å². The lowest BCUT2D eigenvalue weighted by Gasteiger charge is -2.13. The van der Waals surface area contributed by atoms with Gasteiger partial charge in [0.15, 0.2) is 0 Å². The molecule has 0 aliphatic carbocycles. The van der Waals surface area contributed by atoms with Crippen molar-refractivity contribution in [2.24, 2.45) is 5.92 Å². The summed E-state index contributed by atoms with van der Waals surface area (Å²) in [6.07, 6.45) is 11.7. The van der Waals surface area contributed by atoms with Gasteiger partial charge >= 0.3 is 5.97 Å². The molecule has 0 saturated heterocycles. The highest BCUT2D eigenvalue weighted by Crippen LogP contribution is 2.15. The molecule has 5 heteroatoms. The highest BCUT2D eigenvalue weighted by molar-refractivity contribution is 5.82. The van der Waals surface area contributed by atoms with Crippen LogP contribution in [0.5, 0.6) is 0 Å². The Morgan fingerprint density at radius 2 is 1.48 bits per heavy atom. The average Bonchev–Trinajstić information content (AvgIpc) is 2.43. The minimum Gasteiger partial charge on any atom is -0.480 e. The van der Waals surface area contributed by atoms with Crippen molar-refractivity contribution in [1.82, 2.24) is 11.5 Å². The van der Waals surface area contributed by atoms with Crippen LogP contribution in [0.1, 0.15) is 78.1 Å². The van der Waals surface area contributed by atoms with Crippen molar-refractivity contribution in [3.63, 3.8) is 0 Å². The molecule has 5 N–H and O–H groups in total. The number of unbranched alkanes of at least 4 members (excludes halogenated alkanes) is 7. The van der Waals surface area contributed by atoms with Crippen molar-refractivity contribution in [1.29, 1.82) is 0 Å². The first kappa shape index (κ1) is 22.2. The van der Waals surface area contributed by atoms with E-state index in [1.165, 1.54) is 44.9 Å². The van der Waals surface area contributed by atoms with Gasteiger partial charge in [-0.15, -0.1) is 0 Å². The van der Waals surface area contributed by atoms with Crippen molar-refractivity contribution >= 4 is 11.9 Å². The molecule has 0 aromatic heterocycles. The van der Waals surface area contributed by atoms with Crippen LogP contribution >= 0.6 is 0 Å². The summed E-state index contributed by atoms with van der Waals surface area (Å²) < 4.78 is 0. The molecule has 1 amide bonds. The summed E-state index contributed by atoms with van der Waals surface area (Å²) in [6, 6.07) is 0. The maximum absolute atomic E-state index is 11.7. The number of amides is 1. The Labute approximate surface area is 129 Å². The van der Waals surface area contributed by atoms with E-state index in [1.807, 2.05) is 6.92 Å². The SMILES string of the molecule is CCCCCCCCCCC(CC)C(=O)NCC(=O)O.N. The van der Waals surface area contributed by atoms with Crippen LogP contribution < -0.4 is 11.5 Å².